The third-order valence-corrected chi connectivity index (χ3v) is 3.54. The third-order valence-electron chi connectivity index (χ3n) is 3.05. The van der Waals surface area contributed by atoms with Gasteiger partial charge in [0.25, 0.3) is 0 Å². The molecule has 1 aromatic carbocycles. The summed E-state index contributed by atoms with van der Waals surface area (Å²) >= 11 is 3.41. The molecule has 0 saturated heterocycles. The maximum atomic E-state index is 11.9. The fourth-order valence-corrected chi connectivity index (χ4v) is 2.52. The summed E-state index contributed by atoms with van der Waals surface area (Å²) < 4.78 is 1.03. The Labute approximate surface area is 123 Å². The van der Waals surface area contributed by atoms with Gasteiger partial charge in [-0.05, 0) is 49.4 Å². The van der Waals surface area contributed by atoms with Gasteiger partial charge in [-0.15, -0.1) is 0 Å². The second-order valence-electron chi connectivity index (χ2n) is 5.24. The van der Waals surface area contributed by atoms with Gasteiger partial charge in [0.2, 0.25) is 5.91 Å². The molecule has 0 aromatic heterocycles. The first-order valence-electron chi connectivity index (χ1n) is 6.58. The Balaban J connectivity index is 2.43. The van der Waals surface area contributed by atoms with Crippen LogP contribution in [0.15, 0.2) is 22.7 Å². The zero-order chi connectivity index (χ0) is 14.4. The van der Waals surface area contributed by atoms with Crippen LogP contribution in [0.5, 0.6) is 0 Å². The Morgan fingerprint density at radius 1 is 1.42 bits per heavy atom. The number of aliphatic hydroxyl groups is 1. The van der Waals surface area contributed by atoms with Gasteiger partial charge in [-0.25, -0.2) is 0 Å². The minimum atomic E-state index is -0.319. The summed E-state index contributed by atoms with van der Waals surface area (Å²) in [6, 6.07) is 5.93. The van der Waals surface area contributed by atoms with Crippen molar-refractivity contribution in [2.45, 2.75) is 39.7 Å². The average molecular weight is 328 g/mol. The largest absolute Gasteiger partial charge is 0.393 e. The van der Waals surface area contributed by atoms with Crippen LogP contribution in [0, 0.1) is 12.8 Å². The molecular formula is C15H22BrNO2. The van der Waals surface area contributed by atoms with Crippen molar-refractivity contribution in [1.29, 1.82) is 0 Å². The molecule has 0 saturated carbocycles. The second-order valence-corrected chi connectivity index (χ2v) is 6.16. The Bertz CT molecular complexity index is 432. The van der Waals surface area contributed by atoms with Gasteiger partial charge in [0.1, 0.15) is 0 Å². The van der Waals surface area contributed by atoms with Crippen LogP contribution in [-0.2, 0) is 11.2 Å². The molecule has 19 heavy (non-hydrogen) atoms. The van der Waals surface area contributed by atoms with Crippen LogP contribution in [0.1, 0.15) is 31.4 Å². The summed E-state index contributed by atoms with van der Waals surface area (Å²) in [5, 5.41) is 12.2. The van der Waals surface area contributed by atoms with E-state index < -0.39 is 0 Å². The van der Waals surface area contributed by atoms with Gasteiger partial charge in [0.05, 0.1) is 12.5 Å². The number of aliphatic hydroxyl groups excluding tert-OH is 1. The highest BCUT2D eigenvalue weighted by atomic mass is 79.9. The molecular weight excluding hydrogens is 306 g/mol. The van der Waals surface area contributed by atoms with Crippen molar-refractivity contribution in [3.63, 3.8) is 0 Å². The SMILES string of the molecule is Cc1cc(Br)ccc1CC(=O)NC[C@H](C)C[C@H](C)O. The lowest BCUT2D eigenvalue weighted by Gasteiger charge is -2.14. The molecule has 0 aliphatic carbocycles. The number of nitrogens with one attached hydrogen (secondary N) is 1. The summed E-state index contributed by atoms with van der Waals surface area (Å²) in [5.41, 5.74) is 2.16. The lowest BCUT2D eigenvalue weighted by molar-refractivity contribution is -0.120. The number of aryl methyl sites for hydroxylation is 1. The number of amides is 1. The van der Waals surface area contributed by atoms with Gasteiger partial charge in [-0.2, -0.15) is 0 Å². The first kappa shape index (κ1) is 16.2. The normalized spacial score (nSPS) is 13.9. The molecule has 0 heterocycles. The van der Waals surface area contributed by atoms with Gasteiger partial charge in [0, 0.05) is 11.0 Å². The number of rotatable bonds is 6. The monoisotopic (exact) mass is 327 g/mol. The number of hydrogen-bond acceptors (Lipinski definition) is 2. The lowest BCUT2D eigenvalue weighted by Crippen LogP contribution is -2.30. The Kier molecular flexibility index (Phi) is 6.52. The highest BCUT2D eigenvalue weighted by Gasteiger charge is 2.10. The van der Waals surface area contributed by atoms with Crippen molar-refractivity contribution in [2.75, 3.05) is 6.54 Å². The molecule has 0 aliphatic rings. The quantitative estimate of drug-likeness (QED) is 0.844. The van der Waals surface area contributed by atoms with Crippen LogP contribution in [-0.4, -0.2) is 23.7 Å². The van der Waals surface area contributed by atoms with Crippen molar-refractivity contribution in [2.24, 2.45) is 5.92 Å². The van der Waals surface area contributed by atoms with Gasteiger partial charge in [-0.3, -0.25) is 4.79 Å². The maximum Gasteiger partial charge on any atom is 0.224 e. The van der Waals surface area contributed by atoms with Gasteiger partial charge < -0.3 is 10.4 Å². The summed E-state index contributed by atoms with van der Waals surface area (Å²) in [4.78, 5) is 11.9. The van der Waals surface area contributed by atoms with Crippen LogP contribution in [0.25, 0.3) is 0 Å². The predicted molar refractivity (Wildman–Crippen MR) is 81.1 cm³/mol. The number of carbonyl (C=O) groups excluding carboxylic acids is 1. The molecule has 4 heteroatoms. The topological polar surface area (TPSA) is 49.3 Å². The van der Waals surface area contributed by atoms with Crippen LogP contribution in [0.3, 0.4) is 0 Å². The van der Waals surface area contributed by atoms with Crippen molar-refractivity contribution in [1.82, 2.24) is 5.32 Å². The van der Waals surface area contributed by atoms with E-state index in [0.717, 1.165) is 15.6 Å². The zero-order valence-corrected chi connectivity index (χ0v) is 13.3. The van der Waals surface area contributed by atoms with E-state index >= 15 is 0 Å². The molecule has 1 rings (SSSR count). The van der Waals surface area contributed by atoms with Crippen molar-refractivity contribution in [3.05, 3.63) is 33.8 Å². The highest BCUT2D eigenvalue weighted by Crippen LogP contribution is 2.16. The molecule has 0 spiro atoms. The molecule has 2 N–H and O–H groups in total. The molecule has 106 valence electrons. The number of hydrogen-bond donors (Lipinski definition) is 2. The van der Waals surface area contributed by atoms with Crippen molar-refractivity contribution in [3.8, 4) is 0 Å². The van der Waals surface area contributed by atoms with Crippen LogP contribution in [0.4, 0.5) is 0 Å². The van der Waals surface area contributed by atoms with Crippen LogP contribution < -0.4 is 5.32 Å². The molecule has 0 aliphatic heterocycles. The van der Waals surface area contributed by atoms with Crippen LogP contribution in [0.2, 0.25) is 0 Å². The van der Waals surface area contributed by atoms with E-state index in [1.54, 1.807) is 6.92 Å². The molecule has 1 amide bonds. The van der Waals surface area contributed by atoms with Crippen molar-refractivity contribution < 1.29 is 9.90 Å². The maximum absolute atomic E-state index is 11.9. The Morgan fingerprint density at radius 3 is 2.68 bits per heavy atom. The van der Waals surface area contributed by atoms with Gasteiger partial charge >= 0.3 is 0 Å². The smallest absolute Gasteiger partial charge is 0.224 e. The third kappa shape index (κ3) is 6.21. The average Bonchev–Trinajstić information content (AvgIpc) is 2.29. The summed E-state index contributed by atoms with van der Waals surface area (Å²) in [6.45, 7) is 6.41. The highest BCUT2D eigenvalue weighted by molar-refractivity contribution is 9.10. The first-order valence-corrected chi connectivity index (χ1v) is 7.37. The molecule has 1 aromatic rings. The van der Waals surface area contributed by atoms with E-state index in [2.05, 4.69) is 21.2 Å². The zero-order valence-electron chi connectivity index (χ0n) is 11.7. The molecule has 2 atom stereocenters. The molecule has 3 nitrogen and oxygen atoms in total. The minimum Gasteiger partial charge on any atom is -0.393 e. The minimum absolute atomic E-state index is 0.0304. The summed E-state index contributed by atoms with van der Waals surface area (Å²) in [5.74, 6) is 0.317. The summed E-state index contributed by atoms with van der Waals surface area (Å²) in [7, 11) is 0. The van der Waals surface area contributed by atoms with E-state index in [4.69, 9.17) is 0 Å². The molecule has 0 bridgehead atoms. The van der Waals surface area contributed by atoms with Crippen LogP contribution >= 0.6 is 15.9 Å². The standard InChI is InChI=1S/C15H22BrNO2/c1-10(6-12(3)18)9-17-15(19)8-13-4-5-14(16)7-11(13)2/h4-5,7,10,12,18H,6,8-9H2,1-3H3,(H,17,19)/t10-,12+/m1/s1. The van der Waals surface area contributed by atoms with E-state index in [0.29, 0.717) is 19.4 Å². The first-order chi connectivity index (χ1) is 8.88. The fraction of sp³-hybridized carbons (Fsp3) is 0.533. The Morgan fingerprint density at radius 2 is 2.11 bits per heavy atom. The van der Waals surface area contributed by atoms with E-state index in [1.807, 2.05) is 32.0 Å². The fourth-order valence-electron chi connectivity index (χ4n) is 2.05. The summed E-state index contributed by atoms with van der Waals surface area (Å²) in [6.07, 6.45) is 0.790. The molecule has 0 radical (unpaired) electrons. The van der Waals surface area contributed by atoms with E-state index in [9.17, 15) is 9.90 Å². The number of benzene rings is 1. The lowest BCUT2D eigenvalue weighted by atomic mass is 10.0. The molecule has 0 unspecified atom stereocenters. The van der Waals surface area contributed by atoms with Gasteiger partial charge in [0.15, 0.2) is 0 Å². The predicted octanol–water partition coefficient (Wildman–Crippen LogP) is 2.82. The molecule has 0 fully saturated rings. The second kappa shape index (κ2) is 7.65. The van der Waals surface area contributed by atoms with Crippen molar-refractivity contribution >= 4 is 21.8 Å². The number of halogens is 1. The number of carbonyl (C=O) groups is 1. The Hall–Kier alpha value is -0.870. The van der Waals surface area contributed by atoms with E-state index in [-0.39, 0.29) is 17.9 Å². The van der Waals surface area contributed by atoms with Gasteiger partial charge in [-0.1, -0.05) is 28.9 Å². The van der Waals surface area contributed by atoms with E-state index in [1.165, 1.54) is 0 Å².